The molecule has 2 N–H and O–H groups in total. The topological polar surface area (TPSA) is 64.2 Å². The second-order valence-corrected chi connectivity index (χ2v) is 4.98. The van der Waals surface area contributed by atoms with E-state index in [1.165, 1.54) is 0 Å². The molecule has 5 nitrogen and oxygen atoms in total. The Morgan fingerprint density at radius 1 is 1.59 bits per heavy atom. The highest BCUT2D eigenvalue weighted by atomic mass is 16.2. The predicted molar refractivity (Wildman–Crippen MR) is 65.6 cm³/mol. The van der Waals surface area contributed by atoms with Crippen LogP contribution in [-0.4, -0.2) is 39.7 Å². The van der Waals surface area contributed by atoms with Gasteiger partial charge in [-0.2, -0.15) is 5.10 Å². The summed E-state index contributed by atoms with van der Waals surface area (Å²) in [6.45, 7) is 5.48. The molecular formula is C12H20N4O. The number of carbonyl (C=O) groups excluding carboxylic acids is 1. The maximum absolute atomic E-state index is 12.3. The number of hydrogen-bond acceptors (Lipinski definition) is 3. The zero-order valence-corrected chi connectivity index (χ0v) is 10.7. The van der Waals surface area contributed by atoms with Crippen molar-refractivity contribution < 1.29 is 4.79 Å². The predicted octanol–water partition coefficient (Wildman–Crippen LogP) is 0.538. The van der Waals surface area contributed by atoms with Gasteiger partial charge < -0.3 is 10.6 Å². The van der Waals surface area contributed by atoms with Crippen LogP contribution in [0.4, 0.5) is 0 Å². The number of hydrogen-bond donors (Lipinski definition) is 1. The molecule has 1 aromatic rings. The van der Waals surface area contributed by atoms with Gasteiger partial charge in [-0.05, 0) is 25.3 Å². The number of piperidine rings is 1. The number of likely N-dealkylation sites (tertiary alicyclic amines) is 1. The molecule has 1 aromatic heterocycles. The number of carbonyl (C=O) groups is 1. The van der Waals surface area contributed by atoms with Crippen LogP contribution in [0.1, 0.15) is 29.5 Å². The molecule has 2 atom stereocenters. The summed E-state index contributed by atoms with van der Waals surface area (Å²) in [5, 5.41) is 4.21. The summed E-state index contributed by atoms with van der Waals surface area (Å²) in [4.78, 5) is 14.2. The first-order chi connectivity index (χ1) is 7.99. The van der Waals surface area contributed by atoms with Crippen LogP contribution in [0.5, 0.6) is 0 Å². The standard InChI is InChI=1S/C12H20N4O/c1-8-7-16(5-4-10(8)13)12(17)11-6-9(2)14-15(11)3/h6,8,10H,4-5,7,13H2,1-3H3. The third-order valence-corrected chi connectivity index (χ3v) is 3.48. The lowest BCUT2D eigenvalue weighted by Gasteiger charge is -2.35. The third-order valence-electron chi connectivity index (χ3n) is 3.48. The van der Waals surface area contributed by atoms with Crippen molar-refractivity contribution in [3.8, 4) is 0 Å². The average Bonchev–Trinajstić information content (AvgIpc) is 2.61. The van der Waals surface area contributed by atoms with E-state index >= 15 is 0 Å². The summed E-state index contributed by atoms with van der Waals surface area (Å²) >= 11 is 0. The van der Waals surface area contributed by atoms with Gasteiger partial charge in [-0.15, -0.1) is 0 Å². The molecule has 2 heterocycles. The molecule has 1 aliphatic heterocycles. The van der Waals surface area contributed by atoms with Gasteiger partial charge in [-0.1, -0.05) is 6.92 Å². The van der Waals surface area contributed by atoms with Gasteiger partial charge in [0.25, 0.3) is 5.91 Å². The molecule has 17 heavy (non-hydrogen) atoms. The fourth-order valence-electron chi connectivity index (χ4n) is 2.32. The Labute approximate surface area is 102 Å². The van der Waals surface area contributed by atoms with Crippen LogP contribution in [0.25, 0.3) is 0 Å². The van der Waals surface area contributed by atoms with Gasteiger partial charge in [0, 0.05) is 26.2 Å². The molecule has 1 fully saturated rings. The van der Waals surface area contributed by atoms with Crippen molar-refractivity contribution in [2.75, 3.05) is 13.1 Å². The van der Waals surface area contributed by atoms with Gasteiger partial charge in [-0.25, -0.2) is 0 Å². The molecule has 1 saturated heterocycles. The highest BCUT2D eigenvalue weighted by molar-refractivity contribution is 5.92. The van der Waals surface area contributed by atoms with Crippen molar-refractivity contribution >= 4 is 5.91 Å². The summed E-state index contributed by atoms with van der Waals surface area (Å²) in [6.07, 6.45) is 0.879. The summed E-state index contributed by atoms with van der Waals surface area (Å²) in [5.74, 6) is 0.425. The van der Waals surface area contributed by atoms with E-state index in [9.17, 15) is 4.79 Å². The normalized spacial score (nSPS) is 25.1. The summed E-state index contributed by atoms with van der Waals surface area (Å²) in [7, 11) is 1.80. The van der Waals surface area contributed by atoms with E-state index in [0.717, 1.165) is 25.2 Å². The van der Waals surface area contributed by atoms with Gasteiger partial charge in [0.05, 0.1) is 5.69 Å². The van der Waals surface area contributed by atoms with Crippen molar-refractivity contribution in [3.05, 3.63) is 17.5 Å². The molecule has 0 radical (unpaired) electrons. The van der Waals surface area contributed by atoms with E-state index in [2.05, 4.69) is 12.0 Å². The van der Waals surface area contributed by atoms with E-state index in [1.54, 1.807) is 11.7 Å². The largest absolute Gasteiger partial charge is 0.337 e. The Hall–Kier alpha value is -1.36. The average molecular weight is 236 g/mol. The lowest BCUT2D eigenvalue weighted by molar-refractivity contribution is 0.0653. The van der Waals surface area contributed by atoms with Crippen LogP contribution in [0.3, 0.4) is 0 Å². The smallest absolute Gasteiger partial charge is 0.272 e. The van der Waals surface area contributed by atoms with Crippen LogP contribution >= 0.6 is 0 Å². The molecular weight excluding hydrogens is 216 g/mol. The van der Waals surface area contributed by atoms with Gasteiger partial charge in [0.1, 0.15) is 5.69 Å². The third kappa shape index (κ3) is 2.34. The lowest BCUT2D eigenvalue weighted by atomic mass is 9.94. The van der Waals surface area contributed by atoms with Crippen molar-refractivity contribution in [2.24, 2.45) is 18.7 Å². The number of nitrogens with two attached hydrogens (primary N) is 1. The maximum atomic E-state index is 12.3. The van der Waals surface area contributed by atoms with Crippen molar-refractivity contribution in [2.45, 2.75) is 26.3 Å². The molecule has 1 aliphatic rings. The van der Waals surface area contributed by atoms with E-state index in [4.69, 9.17) is 5.73 Å². The van der Waals surface area contributed by atoms with Crippen LogP contribution < -0.4 is 5.73 Å². The van der Waals surface area contributed by atoms with E-state index in [0.29, 0.717) is 11.6 Å². The molecule has 0 aliphatic carbocycles. The van der Waals surface area contributed by atoms with Crippen LogP contribution in [-0.2, 0) is 7.05 Å². The van der Waals surface area contributed by atoms with Gasteiger partial charge in [0.15, 0.2) is 0 Å². The summed E-state index contributed by atoms with van der Waals surface area (Å²) in [5.41, 5.74) is 7.49. The van der Waals surface area contributed by atoms with Crippen LogP contribution in [0.15, 0.2) is 6.07 Å². The number of aryl methyl sites for hydroxylation is 2. The molecule has 94 valence electrons. The lowest BCUT2D eigenvalue weighted by Crippen LogP contribution is -2.48. The number of rotatable bonds is 1. The van der Waals surface area contributed by atoms with Gasteiger partial charge >= 0.3 is 0 Å². The minimum absolute atomic E-state index is 0.0619. The highest BCUT2D eigenvalue weighted by Gasteiger charge is 2.28. The minimum Gasteiger partial charge on any atom is -0.337 e. The molecule has 2 unspecified atom stereocenters. The van der Waals surface area contributed by atoms with Crippen LogP contribution in [0, 0.1) is 12.8 Å². The highest BCUT2D eigenvalue weighted by Crippen LogP contribution is 2.17. The molecule has 0 spiro atoms. The zero-order chi connectivity index (χ0) is 12.6. The first-order valence-electron chi connectivity index (χ1n) is 6.04. The molecule has 0 bridgehead atoms. The van der Waals surface area contributed by atoms with E-state index in [-0.39, 0.29) is 11.9 Å². The Morgan fingerprint density at radius 2 is 2.29 bits per heavy atom. The van der Waals surface area contributed by atoms with Crippen molar-refractivity contribution in [3.63, 3.8) is 0 Å². The number of nitrogens with zero attached hydrogens (tertiary/aromatic N) is 3. The SMILES string of the molecule is Cc1cc(C(=O)N2CCC(N)C(C)C2)n(C)n1. The van der Waals surface area contributed by atoms with Crippen molar-refractivity contribution in [1.82, 2.24) is 14.7 Å². The monoisotopic (exact) mass is 236 g/mol. The maximum Gasteiger partial charge on any atom is 0.272 e. The summed E-state index contributed by atoms with van der Waals surface area (Å²) in [6, 6.07) is 2.05. The molecule has 2 rings (SSSR count). The first kappa shape index (κ1) is 12.1. The fraction of sp³-hybridized carbons (Fsp3) is 0.667. The second-order valence-electron chi connectivity index (χ2n) is 4.98. The number of aromatic nitrogens is 2. The quantitative estimate of drug-likeness (QED) is 0.774. The molecule has 0 aromatic carbocycles. The first-order valence-corrected chi connectivity index (χ1v) is 6.04. The van der Waals surface area contributed by atoms with E-state index < -0.39 is 0 Å². The Kier molecular flexibility index (Phi) is 3.19. The fourth-order valence-corrected chi connectivity index (χ4v) is 2.32. The Bertz CT molecular complexity index is 426. The second kappa shape index (κ2) is 4.49. The zero-order valence-electron chi connectivity index (χ0n) is 10.7. The molecule has 1 amide bonds. The Balaban J connectivity index is 2.13. The van der Waals surface area contributed by atoms with Crippen molar-refractivity contribution in [1.29, 1.82) is 0 Å². The van der Waals surface area contributed by atoms with E-state index in [1.807, 2.05) is 17.9 Å². The minimum atomic E-state index is 0.0619. The van der Waals surface area contributed by atoms with Crippen LogP contribution in [0.2, 0.25) is 0 Å². The Morgan fingerprint density at radius 3 is 2.82 bits per heavy atom. The molecule has 5 heteroatoms. The number of amides is 1. The molecule has 0 saturated carbocycles. The van der Waals surface area contributed by atoms with Gasteiger partial charge in [0.2, 0.25) is 0 Å². The van der Waals surface area contributed by atoms with Gasteiger partial charge in [-0.3, -0.25) is 9.48 Å². The summed E-state index contributed by atoms with van der Waals surface area (Å²) < 4.78 is 1.65.